The molecule has 0 aliphatic carbocycles. The number of rotatable bonds is 5. The number of nitrogens with zero attached hydrogens (tertiary/aromatic N) is 1. The van der Waals surface area contributed by atoms with Gasteiger partial charge in [-0.2, -0.15) is 0 Å². The minimum absolute atomic E-state index is 0.387. The number of methoxy groups -OCH3 is 2. The van der Waals surface area contributed by atoms with Crippen molar-refractivity contribution >= 4 is 23.7 Å². The van der Waals surface area contributed by atoms with Crippen LogP contribution in [0.3, 0.4) is 0 Å². The lowest BCUT2D eigenvalue weighted by Crippen LogP contribution is -2.05. The third kappa shape index (κ3) is 3.47. The molecule has 0 saturated heterocycles. The molecule has 1 aromatic carbocycles. The summed E-state index contributed by atoms with van der Waals surface area (Å²) in [5, 5.41) is 0. The molecule has 0 atom stereocenters. The standard InChI is InChI=1S/C18H19NO3/c1-19-12-11-15(16(13-21-2)18(20)22-3)17(19)10-9-14-7-5-4-6-8-14/h4-13H,1-3H3. The third-order valence-corrected chi connectivity index (χ3v) is 3.29. The molecular formula is C18H19NO3. The van der Waals surface area contributed by atoms with Crippen LogP contribution in [-0.4, -0.2) is 24.8 Å². The van der Waals surface area contributed by atoms with Crippen molar-refractivity contribution in [2.45, 2.75) is 0 Å². The smallest absolute Gasteiger partial charge is 0.341 e. The first-order valence-corrected chi connectivity index (χ1v) is 6.87. The van der Waals surface area contributed by atoms with Crippen molar-refractivity contribution < 1.29 is 14.3 Å². The van der Waals surface area contributed by atoms with E-state index in [0.717, 1.165) is 16.8 Å². The molecule has 0 bridgehead atoms. The van der Waals surface area contributed by atoms with E-state index in [-0.39, 0.29) is 0 Å². The highest BCUT2D eigenvalue weighted by atomic mass is 16.5. The lowest BCUT2D eigenvalue weighted by atomic mass is 10.1. The maximum atomic E-state index is 11.9. The molecule has 1 aromatic heterocycles. The Kier molecular flexibility index (Phi) is 5.20. The molecule has 0 saturated carbocycles. The number of aromatic nitrogens is 1. The van der Waals surface area contributed by atoms with Crippen molar-refractivity contribution in [3.63, 3.8) is 0 Å². The van der Waals surface area contributed by atoms with E-state index >= 15 is 0 Å². The average molecular weight is 297 g/mol. The summed E-state index contributed by atoms with van der Waals surface area (Å²) in [5.41, 5.74) is 3.14. The molecule has 1 heterocycles. The van der Waals surface area contributed by atoms with Gasteiger partial charge >= 0.3 is 5.97 Å². The number of hydrogen-bond donors (Lipinski definition) is 0. The van der Waals surface area contributed by atoms with Gasteiger partial charge in [-0.05, 0) is 17.7 Å². The largest absolute Gasteiger partial charge is 0.503 e. The van der Waals surface area contributed by atoms with Crippen LogP contribution in [0.15, 0.2) is 48.9 Å². The van der Waals surface area contributed by atoms with E-state index < -0.39 is 5.97 Å². The van der Waals surface area contributed by atoms with Crippen molar-refractivity contribution in [3.8, 4) is 0 Å². The van der Waals surface area contributed by atoms with Crippen LogP contribution in [0.5, 0.6) is 0 Å². The lowest BCUT2D eigenvalue weighted by Gasteiger charge is -2.06. The van der Waals surface area contributed by atoms with Crippen LogP contribution < -0.4 is 0 Å². The first kappa shape index (κ1) is 15.6. The number of carbonyl (C=O) groups is 1. The van der Waals surface area contributed by atoms with E-state index in [9.17, 15) is 4.79 Å². The van der Waals surface area contributed by atoms with Gasteiger partial charge in [0.25, 0.3) is 0 Å². The van der Waals surface area contributed by atoms with Crippen LogP contribution in [-0.2, 0) is 21.3 Å². The second-order valence-corrected chi connectivity index (χ2v) is 4.73. The molecule has 0 aliphatic rings. The molecular weight excluding hydrogens is 278 g/mol. The average Bonchev–Trinajstić information content (AvgIpc) is 2.91. The topological polar surface area (TPSA) is 40.5 Å². The summed E-state index contributed by atoms with van der Waals surface area (Å²) in [6.07, 6.45) is 7.27. The fraction of sp³-hybridized carbons (Fsp3) is 0.167. The zero-order valence-corrected chi connectivity index (χ0v) is 12.9. The normalized spacial score (nSPS) is 11.7. The Morgan fingerprint density at radius 2 is 1.82 bits per heavy atom. The maximum absolute atomic E-state index is 11.9. The highest BCUT2D eigenvalue weighted by Gasteiger charge is 2.17. The predicted molar refractivity (Wildman–Crippen MR) is 87.8 cm³/mol. The second-order valence-electron chi connectivity index (χ2n) is 4.73. The monoisotopic (exact) mass is 297 g/mol. The second kappa shape index (κ2) is 7.31. The van der Waals surface area contributed by atoms with Crippen LogP contribution in [0, 0.1) is 0 Å². The Bertz CT molecular complexity index is 696. The summed E-state index contributed by atoms with van der Waals surface area (Å²) in [6.45, 7) is 0. The number of benzene rings is 1. The summed E-state index contributed by atoms with van der Waals surface area (Å²) in [6, 6.07) is 11.8. The number of hydrogen-bond acceptors (Lipinski definition) is 3. The molecule has 2 aromatic rings. The summed E-state index contributed by atoms with van der Waals surface area (Å²) < 4.78 is 11.8. The van der Waals surface area contributed by atoms with Crippen molar-refractivity contribution in [2.24, 2.45) is 7.05 Å². The van der Waals surface area contributed by atoms with Crippen molar-refractivity contribution in [3.05, 3.63) is 65.7 Å². The van der Waals surface area contributed by atoms with Crippen molar-refractivity contribution in [2.75, 3.05) is 14.2 Å². The molecule has 4 nitrogen and oxygen atoms in total. The molecule has 0 N–H and O–H groups in total. The minimum Gasteiger partial charge on any atom is -0.503 e. The van der Waals surface area contributed by atoms with E-state index in [1.54, 1.807) is 0 Å². The Balaban J connectivity index is 2.41. The van der Waals surface area contributed by atoms with Gasteiger partial charge in [-0.25, -0.2) is 4.79 Å². The zero-order valence-electron chi connectivity index (χ0n) is 12.9. The van der Waals surface area contributed by atoms with Crippen LogP contribution in [0.2, 0.25) is 0 Å². The molecule has 22 heavy (non-hydrogen) atoms. The molecule has 2 rings (SSSR count). The van der Waals surface area contributed by atoms with Gasteiger partial charge in [0.15, 0.2) is 0 Å². The van der Waals surface area contributed by atoms with Crippen LogP contribution in [0.4, 0.5) is 0 Å². The summed E-state index contributed by atoms with van der Waals surface area (Å²) in [7, 11) is 4.79. The fourth-order valence-electron chi connectivity index (χ4n) is 2.17. The van der Waals surface area contributed by atoms with Gasteiger partial charge in [-0.15, -0.1) is 0 Å². The Labute approximate surface area is 130 Å². The van der Waals surface area contributed by atoms with Gasteiger partial charge in [0.2, 0.25) is 0 Å². The Morgan fingerprint density at radius 1 is 1.09 bits per heavy atom. The van der Waals surface area contributed by atoms with Crippen LogP contribution >= 0.6 is 0 Å². The highest BCUT2D eigenvalue weighted by Crippen LogP contribution is 2.23. The van der Waals surface area contributed by atoms with E-state index in [2.05, 4.69) is 0 Å². The third-order valence-electron chi connectivity index (χ3n) is 3.29. The van der Waals surface area contributed by atoms with Crippen molar-refractivity contribution in [1.82, 2.24) is 4.57 Å². The molecule has 114 valence electrons. The number of esters is 1. The minimum atomic E-state index is -0.428. The van der Waals surface area contributed by atoms with Gasteiger partial charge < -0.3 is 14.0 Å². The molecule has 0 fully saturated rings. The van der Waals surface area contributed by atoms with Gasteiger partial charge in [-0.1, -0.05) is 36.4 Å². The molecule has 0 aliphatic heterocycles. The number of aryl methyl sites for hydroxylation is 1. The van der Waals surface area contributed by atoms with E-state index in [1.807, 2.05) is 66.4 Å². The van der Waals surface area contributed by atoms with Gasteiger partial charge in [-0.3, -0.25) is 0 Å². The van der Waals surface area contributed by atoms with Gasteiger partial charge in [0.1, 0.15) is 5.57 Å². The van der Waals surface area contributed by atoms with Crippen LogP contribution in [0.25, 0.3) is 17.7 Å². The predicted octanol–water partition coefficient (Wildman–Crippen LogP) is 3.36. The fourth-order valence-corrected chi connectivity index (χ4v) is 2.17. The maximum Gasteiger partial charge on any atom is 0.341 e. The molecule has 4 heteroatoms. The summed E-state index contributed by atoms with van der Waals surface area (Å²) in [5.74, 6) is -0.428. The van der Waals surface area contributed by atoms with Gasteiger partial charge in [0.05, 0.1) is 20.5 Å². The lowest BCUT2D eigenvalue weighted by molar-refractivity contribution is -0.133. The van der Waals surface area contributed by atoms with E-state index in [4.69, 9.17) is 9.47 Å². The summed E-state index contributed by atoms with van der Waals surface area (Å²) >= 11 is 0. The number of ether oxygens (including phenoxy) is 2. The van der Waals surface area contributed by atoms with Crippen molar-refractivity contribution in [1.29, 1.82) is 0 Å². The number of carbonyl (C=O) groups excluding carboxylic acids is 1. The Hall–Kier alpha value is -2.75. The molecule has 0 amide bonds. The summed E-state index contributed by atoms with van der Waals surface area (Å²) in [4.78, 5) is 11.9. The highest BCUT2D eigenvalue weighted by molar-refractivity contribution is 6.17. The van der Waals surface area contributed by atoms with E-state index in [1.165, 1.54) is 20.5 Å². The SMILES string of the molecule is COC=C(C(=O)OC)c1ccn(C)c1C=Cc1ccccc1. The van der Waals surface area contributed by atoms with E-state index in [0.29, 0.717) is 5.57 Å². The van der Waals surface area contributed by atoms with Crippen LogP contribution in [0.1, 0.15) is 16.8 Å². The first-order chi connectivity index (χ1) is 10.7. The quantitative estimate of drug-likeness (QED) is 0.483. The molecule has 0 spiro atoms. The Morgan fingerprint density at radius 3 is 2.45 bits per heavy atom. The zero-order chi connectivity index (χ0) is 15.9. The molecule has 0 unspecified atom stereocenters. The first-order valence-electron chi connectivity index (χ1n) is 6.87. The molecule has 0 radical (unpaired) electrons. The van der Waals surface area contributed by atoms with Gasteiger partial charge in [0, 0.05) is 24.5 Å².